The first-order chi connectivity index (χ1) is 10.6. The van der Waals surface area contributed by atoms with Crippen molar-refractivity contribution in [2.24, 2.45) is 11.8 Å². The first-order valence-electron chi connectivity index (χ1n) is 7.23. The van der Waals surface area contributed by atoms with Crippen molar-refractivity contribution in [1.82, 2.24) is 4.90 Å². The lowest BCUT2D eigenvalue weighted by Crippen LogP contribution is -2.34. The third-order valence-corrected chi connectivity index (χ3v) is 4.26. The Morgan fingerprint density at radius 3 is 2.43 bits per heavy atom. The predicted octanol–water partition coefficient (Wildman–Crippen LogP) is 2.57. The van der Waals surface area contributed by atoms with Crippen LogP contribution in [0, 0.1) is 25.7 Å². The molecule has 0 spiro atoms. The maximum Gasteiger partial charge on any atom is 0.394 e. The average molecular weight is 329 g/mol. The van der Waals surface area contributed by atoms with E-state index >= 15 is 0 Å². The van der Waals surface area contributed by atoms with E-state index in [-0.39, 0.29) is 6.42 Å². The molecule has 0 radical (unpaired) electrons. The number of halogens is 3. The van der Waals surface area contributed by atoms with Crippen molar-refractivity contribution in [2.45, 2.75) is 26.4 Å². The minimum atomic E-state index is -4.63. The summed E-state index contributed by atoms with van der Waals surface area (Å²) in [4.78, 5) is 24.3. The van der Waals surface area contributed by atoms with Crippen LogP contribution < -0.4 is 0 Å². The molecule has 0 aromatic heterocycles. The molecule has 1 aromatic rings. The van der Waals surface area contributed by atoms with E-state index in [0.717, 1.165) is 21.6 Å². The normalized spacial score (nSPS) is 21.5. The summed E-state index contributed by atoms with van der Waals surface area (Å²) >= 11 is 0. The van der Waals surface area contributed by atoms with Crippen LogP contribution in [-0.2, 0) is 16.0 Å². The van der Waals surface area contributed by atoms with Gasteiger partial charge in [0.2, 0.25) is 5.91 Å². The molecule has 1 saturated heterocycles. The number of nitrogens with zero attached hydrogens (tertiary/aromatic N) is 1. The third-order valence-electron chi connectivity index (χ3n) is 4.26. The Labute approximate surface area is 131 Å². The predicted molar refractivity (Wildman–Crippen MR) is 76.9 cm³/mol. The largest absolute Gasteiger partial charge is 0.481 e. The molecule has 1 aliphatic rings. The van der Waals surface area contributed by atoms with E-state index in [1.165, 1.54) is 0 Å². The number of carboxylic acid groups (broad SMARTS) is 1. The van der Waals surface area contributed by atoms with Crippen molar-refractivity contribution in [3.05, 3.63) is 34.9 Å². The molecule has 1 heterocycles. The van der Waals surface area contributed by atoms with Gasteiger partial charge in [0.1, 0.15) is 0 Å². The summed E-state index contributed by atoms with van der Waals surface area (Å²) in [6.07, 6.45) is -4.65. The van der Waals surface area contributed by atoms with Crippen LogP contribution in [0.4, 0.5) is 13.2 Å². The molecule has 7 heteroatoms. The standard InChI is InChI=1S/C16H18F3NO3/c1-9-3-4-10(2)11(5-9)6-14(21)20-7-12(15(22)23)13(8-20)16(17,18)19/h3-5,12-13H,6-8H2,1-2H3,(H,22,23)/t12-,13-/m1/s1. The highest BCUT2D eigenvalue weighted by molar-refractivity contribution is 5.81. The number of carboxylic acids is 1. The van der Waals surface area contributed by atoms with Crippen LogP contribution in [0.1, 0.15) is 16.7 Å². The lowest BCUT2D eigenvalue weighted by atomic mass is 9.96. The van der Waals surface area contributed by atoms with E-state index in [0.29, 0.717) is 0 Å². The summed E-state index contributed by atoms with van der Waals surface area (Å²) in [7, 11) is 0. The quantitative estimate of drug-likeness (QED) is 0.927. The summed E-state index contributed by atoms with van der Waals surface area (Å²) < 4.78 is 38.9. The number of carbonyl (C=O) groups is 2. The second kappa shape index (κ2) is 6.22. The van der Waals surface area contributed by atoms with Crippen LogP contribution >= 0.6 is 0 Å². The Hall–Kier alpha value is -2.05. The molecule has 126 valence electrons. The molecule has 0 aliphatic carbocycles. The monoisotopic (exact) mass is 329 g/mol. The van der Waals surface area contributed by atoms with Crippen molar-refractivity contribution in [2.75, 3.05) is 13.1 Å². The fraction of sp³-hybridized carbons (Fsp3) is 0.500. The van der Waals surface area contributed by atoms with Gasteiger partial charge >= 0.3 is 12.1 Å². The molecule has 23 heavy (non-hydrogen) atoms. The Balaban J connectivity index is 2.14. The van der Waals surface area contributed by atoms with E-state index < -0.39 is 43.0 Å². The van der Waals surface area contributed by atoms with Gasteiger partial charge in [-0.25, -0.2) is 0 Å². The number of carbonyl (C=O) groups excluding carboxylic acids is 1. The van der Waals surface area contributed by atoms with Gasteiger partial charge < -0.3 is 10.0 Å². The van der Waals surface area contributed by atoms with Crippen LogP contribution in [0.15, 0.2) is 18.2 Å². The van der Waals surface area contributed by atoms with Gasteiger partial charge in [-0.05, 0) is 25.0 Å². The number of aliphatic carboxylic acids is 1. The van der Waals surface area contributed by atoms with E-state index in [4.69, 9.17) is 5.11 Å². The molecule has 0 saturated carbocycles. The SMILES string of the molecule is Cc1ccc(C)c(CC(=O)N2C[C@@H](C(F)(F)F)[C@H](C(=O)O)C2)c1. The van der Waals surface area contributed by atoms with E-state index in [2.05, 4.69) is 0 Å². The van der Waals surface area contributed by atoms with Crippen LogP contribution in [0.3, 0.4) is 0 Å². The molecule has 1 N–H and O–H groups in total. The number of benzene rings is 1. The highest BCUT2D eigenvalue weighted by atomic mass is 19.4. The van der Waals surface area contributed by atoms with Gasteiger partial charge in [-0.15, -0.1) is 0 Å². The highest BCUT2D eigenvalue weighted by Crippen LogP contribution is 2.37. The van der Waals surface area contributed by atoms with E-state index in [1.54, 1.807) is 0 Å². The lowest BCUT2D eigenvalue weighted by molar-refractivity contribution is -0.188. The van der Waals surface area contributed by atoms with E-state index in [1.807, 2.05) is 32.0 Å². The van der Waals surface area contributed by atoms with Crippen molar-refractivity contribution in [1.29, 1.82) is 0 Å². The zero-order chi connectivity index (χ0) is 17.4. The van der Waals surface area contributed by atoms with Gasteiger partial charge in [0.25, 0.3) is 0 Å². The second-order valence-electron chi connectivity index (χ2n) is 6.00. The number of alkyl halides is 3. The smallest absolute Gasteiger partial charge is 0.394 e. The molecule has 2 atom stereocenters. The van der Waals surface area contributed by atoms with Crippen molar-refractivity contribution >= 4 is 11.9 Å². The zero-order valence-electron chi connectivity index (χ0n) is 12.9. The minimum absolute atomic E-state index is 0.0234. The molecule has 4 nitrogen and oxygen atoms in total. The minimum Gasteiger partial charge on any atom is -0.481 e. The number of aryl methyl sites for hydroxylation is 2. The van der Waals surface area contributed by atoms with Crippen molar-refractivity contribution in [3.63, 3.8) is 0 Å². The summed E-state index contributed by atoms with van der Waals surface area (Å²) in [5.41, 5.74) is 2.58. The molecule has 1 amide bonds. The fourth-order valence-electron chi connectivity index (χ4n) is 2.85. The number of rotatable bonds is 3. The fourth-order valence-corrected chi connectivity index (χ4v) is 2.85. The summed E-state index contributed by atoms with van der Waals surface area (Å²) in [6.45, 7) is 2.70. The van der Waals surface area contributed by atoms with E-state index in [9.17, 15) is 22.8 Å². The summed E-state index contributed by atoms with van der Waals surface area (Å²) in [5.74, 6) is -5.61. The number of amides is 1. The number of likely N-dealkylation sites (tertiary alicyclic amines) is 1. The summed E-state index contributed by atoms with van der Waals surface area (Å²) in [6, 6.07) is 5.55. The molecule has 0 bridgehead atoms. The molecule has 1 aromatic carbocycles. The van der Waals surface area contributed by atoms with Gasteiger partial charge in [0.15, 0.2) is 0 Å². The number of hydrogen-bond acceptors (Lipinski definition) is 2. The number of hydrogen-bond donors (Lipinski definition) is 1. The Kier molecular flexibility index (Phi) is 4.68. The zero-order valence-corrected chi connectivity index (χ0v) is 12.9. The van der Waals surface area contributed by atoms with Gasteiger partial charge in [0, 0.05) is 13.1 Å². The molecule has 2 rings (SSSR count). The Morgan fingerprint density at radius 1 is 1.26 bits per heavy atom. The van der Waals surface area contributed by atoms with Gasteiger partial charge in [-0.1, -0.05) is 23.8 Å². The highest BCUT2D eigenvalue weighted by Gasteiger charge is 2.53. The second-order valence-corrected chi connectivity index (χ2v) is 6.00. The Morgan fingerprint density at radius 2 is 1.91 bits per heavy atom. The maximum absolute atomic E-state index is 13.0. The summed E-state index contributed by atoms with van der Waals surface area (Å²) in [5, 5.41) is 8.98. The molecular formula is C16H18F3NO3. The van der Waals surface area contributed by atoms with Gasteiger partial charge in [-0.2, -0.15) is 13.2 Å². The van der Waals surface area contributed by atoms with Crippen molar-refractivity contribution in [3.8, 4) is 0 Å². The Bertz CT molecular complexity index is 627. The van der Waals surface area contributed by atoms with Crippen LogP contribution in [0.2, 0.25) is 0 Å². The topological polar surface area (TPSA) is 57.6 Å². The van der Waals surface area contributed by atoms with Crippen LogP contribution in [0.5, 0.6) is 0 Å². The van der Waals surface area contributed by atoms with Crippen LogP contribution in [0.25, 0.3) is 0 Å². The average Bonchev–Trinajstić information content (AvgIpc) is 2.88. The first-order valence-corrected chi connectivity index (χ1v) is 7.23. The van der Waals surface area contributed by atoms with Gasteiger partial charge in [0.05, 0.1) is 18.3 Å². The van der Waals surface area contributed by atoms with Crippen LogP contribution in [-0.4, -0.2) is 41.1 Å². The lowest BCUT2D eigenvalue weighted by Gasteiger charge is -2.18. The molecule has 0 unspecified atom stereocenters. The molecule has 1 aliphatic heterocycles. The third kappa shape index (κ3) is 3.83. The first kappa shape index (κ1) is 17.3. The maximum atomic E-state index is 13.0. The van der Waals surface area contributed by atoms with Gasteiger partial charge in [-0.3, -0.25) is 9.59 Å². The molecular weight excluding hydrogens is 311 g/mol. The van der Waals surface area contributed by atoms with Crippen molar-refractivity contribution < 1.29 is 27.9 Å². The molecule has 1 fully saturated rings.